The van der Waals surface area contributed by atoms with E-state index in [1.54, 1.807) is 6.20 Å². The molecule has 158 valence electrons. The second-order valence-electron chi connectivity index (χ2n) is 7.97. The number of carbonyl (C=O) groups is 1. The fourth-order valence-electron chi connectivity index (χ4n) is 4.07. The van der Waals surface area contributed by atoms with Gasteiger partial charge in [-0.15, -0.1) is 0 Å². The van der Waals surface area contributed by atoms with Crippen molar-refractivity contribution in [3.63, 3.8) is 0 Å². The lowest BCUT2D eigenvalue weighted by molar-refractivity contribution is -0.144. The first-order valence-electron chi connectivity index (χ1n) is 10.4. The van der Waals surface area contributed by atoms with E-state index >= 15 is 0 Å². The Bertz CT molecular complexity index is 1080. The summed E-state index contributed by atoms with van der Waals surface area (Å²) in [4.78, 5) is 29.8. The number of ether oxygens (including phenoxy) is 1. The molecule has 5 rings (SSSR count). The second-order valence-corrected chi connectivity index (χ2v) is 7.97. The molecule has 0 bridgehead atoms. The molecular formula is C22H22N6O3. The number of hydrogen-bond acceptors (Lipinski definition) is 8. The van der Waals surface area contributed by atoms with E-state index in [1.807, 2.05) is 42.2 Å². The molecule has 9 heteroatoms. The van der Waals surface area contributed by atoms with Crippen LogP contribution in [0, 0.1) is 17.2 Å². The topological polar surface area (TPSA) is 113 Å². The molecule has 1 aliphatic carbocycles. The first-order chi connectivity index (χ1) is 15.1. The molecule has 2 fully saturated rings. The van der Waals surface area contributed by atoms with Gasteiger partial charge < -0.3 is 19.8 Å². The van der Waals surface area contributed by atoms with E-state index in [9.17, 15) is 10.1 Å². The molecule has 31 heavy (non-hydrogen) atoms. The van der Waals surface area contributed by atoms with Gasteiger partial charge in [-0.25, -0.2) is 9.97 Å². The standard InChI is InChI=1S/C22H22N6O3/c1-2-24-21(29)22-13-28(19-15(10-23)11-25-18(26-19)14-8-9-14)12-17(22)20(27-31-22)30-16-6-4-3-5-7-16/h3-7,11,14,17H,2,8-9,12-13H2,1H3,(H,24,29)/t17-,22?/m0/s1. The number of fused-ring (bicyclic) bond motifs is 1. The Morgan fingerprint density at radius 1 is 1.39 bits per heavy atom. The maximum absolute atomic E-state index is 13.1. The molecule has 1 unspecified atom stereocenters. The summed E-state index contributed by atoms with van der Waals surface area (Å²) in [7, 11) is 0. The Morgan fingerprint density at radius 3 is 2.90 bits per heavy atom. The third-order valence-electron chi connectivity index (χ3n) is 5.83. The van der Waals surface area contributed by atoms with Gasteiger partial charge in [0.1, 0.15) is 29.1 Å². The number of amides is 1. The van der Waals surface area contributed by atoms with Gasteiger partial charge in [0.05, 0.1) is 12.7 Å². The average molecular weight is 418 g/mol. The third-order valence-corrected chi connectivity index (χ3v) is 5.83. The lowest BCUT2D eigenvalue weighted by Gasteiger charge is -2.25. The van der Waals surface area contributed by atoms with Crippen LogP contribution in [0.4, 0.5) is 5.82 Å². The predicted octanol–water partition coefficient (Wildman–Crippen LogP) is 1.96. The Balaban J connectivity index is 1.48. The molecule has 1 aromatic carbocycles. The molecule has 2 aliphatic heterocycles. The Morgan fingerprint density at radius 2 is 2.19 bits per heavy atom. The van der Waals surface area contributed by atoms with Crippen LogP contribution in [0.2, 0.25) is 0 Å². The number of nitriles is 1. The molecule has 0 spiro atoms. The zero-order valence-electron chi connectivity index (χ0n) is 17.1. The highest BCUT2D eigenvalue weighted by Crippen LogP contribution is 2.42. The molecule has 0 radical (unpaired) electrons. The summed E-state index contributed by atoms with van der Waals surface area (Å²) in [5, 5.41) is 16.6. The summed E-state index contributed by atoms with van der Waals surface area (Å²) in [6, 6.07) is 11.4. The first-order valence-corrected chi connectivity index (χ1v) is 10.4. The summed E-state index contributed by atoms with van der Waals surface area (Å²) in [6.07, 6.45) is 3.68. The first kappa shape index (κ1) is 19.3. The van der Waals surface area contributed by atoms with Crippen molar-refractivity contribution < 1.29 is 14.4 Å². The fraction of sp³-hybridized carbons (Fsp3) is 0.409. The lowest BCUT2D eigenvalue weighted by atomic mass is 9.90. The maximum atomic E-state index is 13.1. The van der Waals surface area contributed by atoms with Crippen molar-refractivity contribution in [3.05, 3.63) is 47.9 Å². The predicted molar refractivity (Wildman–Crippen MR) is 111 cm³/mol. The number of aromatic nitrogens is 2. The Hall–Kier alpha value is -3.67. The Kier molecular flexibility index (Phi) is 4.70. The number of nitrogens with one attached hydrogen (secondary N) is 1. The number of likely N-dealkylation sites (N-methyl/N-ethyl adjacent to an activating group) is 1. The minimum Gasteiger partial charge on any atom is -0.439 e. The third kappa shape index (κ3) is 3.34. The zero-order chi connectivity index (χ0) is 21.4. The van der Waals surface area contributed by atoms with E-state index in [-0.39, 0.29) is 12.5 Å². The van der Waals surface area contributed by atoms with Crippen molar-refractivity contribution in [2.75, 3.05) is 24.5 Å². The summed E-state index contributed by atoms with van der Waals surface area (Å²) in [5.74, 6) is 1.88. The van der Waals surface area contributed by atoms with Crippen LogP contribution in [0.5, 0.6) is 5.75 Å². The molecule has 1 N–H and O–H groups in total. The quantitative estimate of drug-likeness (QED) is 0.790. The number of hydrogen-bond donors (Lipinski definition) is 1. The molecule has 9 nitrogen and oxygen atoms in total. The van der Waals surface area contributed by atoms with Gasteiger partial charge in [0.15, 0.2) is 5.82 Å². The average Bonchev–Trinajstić information content (AvgIpc) is 3.49. The highest BCUT2D eigenvalue weighted by molar-refractivity contribution is 5.97. The van der Waals surface area contributed by atoms with Crippen molar-refractivity contribution in [2.24, 2.45) is 11.1 Å². The van der Waals surface area contributed by atoms with Gasteiger partial charge in [-0.3, -0.25) is 4.79 Å². The van der Waals surface area contributed by atoms with Gasteiger partial charge in [0, 0.05) is 19.0 Å². The molecule has 1 saturated heterocycles. The van der Waals surface area contributed by atoms with Gasteiger partial charge in [-0.2, -0.15) is 5.26 Å². The lowest BCUT2D eigenvalue weighted by Crippen LogP contribution is -2.53. The summed E-state index contributed by atoms with van der Waals surface area (Å²) in [6.45, 7) is 2.92. The zero-order valence-corrected chi connectivity index (χ0v) is 17.1. The van der Waals surface area contributed by atoms with E-state index in [2.05, 4.69) is 26.5 Å². The molecule has 1 saturated carbocycles. The van der Waals surface area contributed by atoms with E-state index in [0.29, 0.717) is 42.0 Å². The van der Waals surface area contributed by atoms with Gasteiger partial charge in [0.2, 0.25) is 11.5 Å². The van der Waals surface area contributed by atoms with Crippen molar-refractivity contribution in [1.82, 2.24) is 15.3 Å². The van der Waals surface area contributed by atoms with E-state index in [0.717, 1.165) is 18.7 Å². The summed E-state index contributed by atoms with van der Waals surface area (Å²) >= 11 is 0. The van der Waals surface area contributed by atoms with Crippen LogP contribution in [0.1, 0.15) is 37.1 Å². The smallest absolute Gasteiger partial charge is 0.269 e. The van der Waals surface area contributed by atoms with Crippen LogP contribution in [0.25, 0.3) is 0 Å². The van der Waals surface area contributed by atoms with Gasteiger partial charge >= 0.3 is 0 Å². The van der Waals surface area contributed by atoms with Crippen LogP contribution in [0.3, 0.4) is 0 Å². The monoisotopic (exact) mass is 418 g/mol. The van der Waals surface area contributed by atoms with Crippen LogP contribution in [-0.4, -0.2) is 47.0 Å². The Labute approximate surface area is 179 Å². The van der Waals surface area contributed by atoms with Gasteiger partial charge in [-0.1, -0.05) is 18.2 Å². The normalized spacial score (nSPS) is 24.1. The minimum atomic E-state index is -1.24. The van der Waals surface area contributed by atoms with E-state index in [1.165, 1.54) is 0 Å². The number of para-hydroxylation sites is 1. The number of carbonyl (C=O) groups excluding carboxylic acids is 1. The van der Waals surface area contributed by atoms with Crippen molar-refractivity contribution >= 4 is 17.6 Å². The van der Waals surface area contributed by atoms with Gasteiger partial charge in [0.25, 0.3) is 5.91 Å². The largest absolute Gasteiger partial charge is 0.439 e. The minimum absolute atomic E-state index is 0.213. The second kappa shape index (κ2) is 7.54. The van der Waals surface area contributed by atoms with Gasteiger partial charge in [-0.05, 0) is 37.1 Å². The fourth-order valence-corrected chi connectivity index (χ4v) is 4.07. The van der Waals surface area contributed by atoms with E-state index in [4.69, 9.17) is 9.57 Å². The van der Waals surface area contributed by atoms with Crippen molar-refractivity contribution in [1.29, 1.82) is 5.26 Å². The SMILES string of the molecule is CCNC(=O)C12CN(c3nc(C4CC4)ncc3C#N)C[C@H]1C(Oc1ccccc1)=NO2. The summed E-state index contributed by atoms with van der Waals surface area (Å²) in [5.41, 5.74) is -0.866. The molecular weight excluding hydrogens is 396 g/mol. The molecule has 1 amide bonds. The number of benzene rings is 1. The van der Waals surface area contributed by atoms with Crippen LogP contribution < -0.4 is 15.0 Å². The van der Waals surface area contributed by atoms with E-state index < -0.39 is 11.5 Å². The van der Waals surface area contributed by atoms with Crippen LogP contribution in [-0.2, 0) is 9.63 Å². The maximum Gasteiger partial charge on any atom is 0.269 e. The molecule has 2 aromatic rings. The number of oxime groups is 1. The molecule has 3 heterocycles. The number of rotatable bonds is 5. The van der Waals surface area contributed by atoms with Crippen molar-refractivity contribution in [2.45, 2.75) is 31.3 Å². The molecule has 2 atom stereocenters. The van der Waals surface area contributed by atoms with Crippen molar-refractivity contribution in [3.8, 4) is 11.8 Å². The number of nitrogens with zero attached hydrogens (tertiary/aromatic N) is 5. The highest BCUT2D eigenvalue weighted by Gasteiger charge is 2.62. The molecule has 3 aliphatic rings. The van der Waals surface area contributed by atoms with Crippen LogP contribution >= 0.6 is 0 Å². The summed E-state index contributed by atoms with van der Waals surface area (Å²) < 4.78 is 5.98. The molecule has 1 aromatic heterocycles. The van der Waals surface area contributed by atoms with Crippen LogP contribution in [0.15, 0.2) is 41.7 Å². The number of anilines is 1. The highest BCUT2D eigenvalue weighted by atomic mass is 16.7.